The van der Waals surface area contributed by atoms with Crippen LogP contribution in [0.15, 0.2) is 188 Å². The number of nitrogens with two attached hydrogens (primary N) is 1. The highest BCUT2D eigenvalue weighted by atomic mass is 16.4. The zero-order chi connectivity index (χ0) is 81.7. The van der Waals surface area contributed by atoms with Crippen LogP contribution in [0.5, 0.6) is 11.5 Å². The quantitative estimate of drug-likeness (QED) is 0.0237. The molecule has 7 aromatic carbocycles. The number of aliphatic carboxylic acids is 3. The van der Waals surface area contributed by atoms with Gasteiger partial charge in [-0.2, -0.15) is 0 Å². The van der Waals surface area contributed by atoms with E-state index in [4.69, 9.17) is 5.73 Å². The van der Waals surface area contributed by atoms with Crippen LogP contribution in [0.25, 0.3) is 10.9 Å². The molecule has 9 atom stereocenters. The first-order valence-corrected chi connectivity index (χ1v) is 36.7. The van der Waals surface area contributed by atoms with Gasteiger partial charge in [-0.05, 0) is 77.4 Å². The summed E-state index contributed by atoms with van der Waals surface area (Å²) in [6.07, 6.45) is -0.576. The number of amides is 9. The Hall–Kier alpha value is -13.4. The first-order chi connectivity index (χ1) is 54.1. The number of carbonyl (C=O) groups excluding carboxylic acids is 11. The molecule has 0 aliphatic rings. The Morgan fingerprint density at radius 1 is 0.363 bits per heavy atom. The molecule has 0 saturated heterocycles. The van der Waals surface area contributed by atoms with Gasteiger partial charge in [-0.3, -0.25) is 62.3 Å². The minimum Gasteiger partial charge on any atom is -0.508 e. The highest BCUT2D eigenvalue weighted by molar-refractivity contribution is 6.10. The molecule has 17 N–H and O–H groups in total. The van der Waals surface area contributed by atoms with Crippen LogP contribution in [-0.4, -0.2) is 174 Å². The predicted octanol–water partition coefficient (Wildman–Crippen LogP) is 4.29. The molecule has 113 heavy (non-hydrogen) atoms. The summed E-state index contributed by atoms with van der Waals surface area (Å²) in [6.45, 7) is 2.81. The maximum Gasteiger partial charge on any atom is 0.326 e. The van der Waals surface area contributed by atoms with Gasteiger partial charge in [-0.25, -0.2) is 4.79 Å². The van der Waals surface area contributed by atoms with Crippen LogP contribution in [-0.2, 0) is 89.6 Å². The van der Waals surface area contributed by atoms with Gasteiger partial charge in [0.2, 0.25) is 53.2 Å². The summed E-state index contributed by atoms with van der Waals surface area (Å²) in [6, 6.07) is 32.6. The third-order valence-corrected chi connectivity index (χ3v) is 18.5. The van der Waals surface area contributed by atoms with Crippen molar-refractivity contribution in [2.24, 2.45) is 5.73 Å². The Morgan fingerprint density at radius 3 is 1.12 bits per heavy atom. The van der Waals surface area contributed by atoms with Crippen LogP contribution < -0.4 is 53.6 Å². The van der Waals surface area contributed by atoms with Crippen molar-refractivity contribution in [3.05, 3.63) is 238 Å². The fourth-order valence-corrected chi connectivity index (χ4v) is 12.3. The predicted molar refractivity (Wildman–Crippen MR) is 413 cm³/mol. The molecule has 0 spiro atoms. The van der Waals surface area contributed by atoms with Gasteiger partial charge in [0, 0.05) is 65.0 Å². The van der Waals surface area contributed by atoms with Gasteiger partial charge in [0.1, 0.15) is 59.8 Å². The van der Waals surface area contributed by atoms with Crippen molar-refractivity contribution in [2.75, 3.05) is 6.54 Å². The minimum atomic E-state index is -1.92. The molecule has 592 valence electrons. The zero-order valence-electron chi connectivity index (χ0n) is 62.0. The lowest BCUT2D eigenvalue weighted by atomic mass is 9.98. The summed E-state index contributed by atoms with van der Waals surface area (Å²) in [5, 5.41) is 73.5. The summed E-state index contributed by atoms with van der Waals surface area (Å²) in [5.74, 6) is -14.7. The zero-order valence-corrected chi connectivity index (χ0v) is 62.0. The number of unbranched alkanes of at least 4 members (excludes halogenated alkanes) is 2. The van der Waals surface area contributed by atoms with Crippen molar-refractivity contribution in [2.45, 2.75) is 152 Å². The van der Waals surface area contributed by atoms with Gasteiger partial charge < -0.3 is 84.1 Å². The van der Waals surface area contributed by atoms with E-state index in [-0.39, 0.29) is 86.4 Å². The highest BCUT2D eigenvalue weighted by Crippen LogP contribution is 2.22. The topological polar surface area (TPSA) is 490 Å². The Morgan fingerprint density at radius 2 is 0.699 bits per heavy atom. The van der Waals surface area contributed by atoms with Crippen LogP contribution in [0.4, 0.5) is 0 Å². The number of hydrogen-bond donors (Lipinski definition) is 16. The molecule has 8 aromatic rings. The number of phenolic OH excluding ortho intramolecular Hbond substituents is 2. The Balaban J connectivity index is 1.06. The van der Waals surface area contributed by atoms with Gasteiger partial charge in [-0.1, -0.05) is 191 Å². The first-order valence-electron chi connectivity index (χ1n) is 36.7. The van der Waals surface area contributed by atoms with Crippen LogP contribution in [0, 0.1) is 0 Å². The molecule has 30 heteroatoms. The molecule has 1 aromatic heterocycles. The van der Waals surface area contributed by atoms with Gasteiger partial charge in [-0.15, -0.1) is 0 Å². The number of fused-ring (bicyclic) bond motifs is 1. The number of aromatic amines is 1. The van der Waals surface area contributed by atoms with Crippen molar-refractivity contribution in [1.29, 1.82) is 0 Å². The lowest BCUT2D eigenvalue weighted by Gasteiger charge is -2.28. The first kappa shape index (κ1) is 85.2. The fourth-order valence-electron chi connectivity index (χ4n) is 12.3. The van der Waals surface area contributed by atoms with E-state index in [1.807, 2.05) is 0 Å². The average molecular weight is 1550 g/mol. The molecule has 1 heterocycles. The van der Waals surface area contributed by atoms with Crippen LogP contribution >= 0.6 is 0 Å². The number of rotatable bonds is 43. The molecular formula is C83H91N11O19. The number of carboxylic acids is 3. The Labute approximate surface area is 649 Å². The van der Waals surface area contributed by atoms with E-state index in [1.165, 1.54) is 72.8 Å². The highest BCUT2D eigenvalue weighted by Gasteiger charge is 2.37. The molecule has 0 aliphatic carbocycles. The molecule has 0 unspecified atom stereocenters. The van der Waals surface area contributed by atoms with Crippen molar-refractivity contribution in [3.63, 3.8) is 0 Å². The number of nitrogens with one attached hydrogen (secondary N) is 10. The lowest BCUT2D eigenvalue weighted by molar-refractivity contribution is -0.144. The van der Waals surface area contributed by atoms with Crippen molar-refractivity contribution >= 4 is 93.5 Å². The number of phenols is 2. The second kappa shape index (κ2) is 42.0. The Bertz CT molecular complexity index is 4680. The number of ketones is 2. The number of aromatic hydroxyl groups is 2. The number of hydrogen-bond acceptors (Lipinski definition) is 17. The van der Waals surface area contributed by atoms with Crippen molar-refractivity contribution in [1.82, 2.24) is 52.8 Å². The van der Waals surface area contributed by atoms with Gasteiger partial charge in [0.05, 0.1) is 25.4 Å². The molecule has 0 saturated carbocycles. The summed E-state index contributed by atoms with van der Waals surface area (Å²) in [7, 11) is 0. The van der Waals surface area contributed by atoms with Crippen molar-refractivity contribution < 1.29 is 92.7 Å². The number of benzene rings is 7. The van der Waals surface area contributed by atoms with E-state index in [0.717, 1.165) is 0 Å². The monoisotopic (exact) mass is 1550 g/mol. The minimum absolute atomic E-state index is 0.00634. The normalized spacial score (nSPS) is 13.4. The lowest BCUT2D eigenvalue weighted by Crippen LogP contribution is -2.61. The molecule has 30 nitrogen and oxygen atoms in total. The Kier molecular flexibility index (Phi) is 31.7. The van der Waals surface area contributed by atoms with E-state index in [2.05, 4.69) is 52.8 Å². The van der Waals surface area contributed by atoms with Crippen molar-refractivity contribution in [3.8, 4) is 11.5 Å². The number of H-pyrrole nitrogens is 1. The van der Waals surface area contributed by atoms with E-state index in [1.54, 1.807) is 129 Å². The van der Waals surface area contributed by atoms with Gasteiger partial charge in [0.25, 0.3) is 0 Å². The van der Waals surface area contributed by atoms with E-state index in [9.17, 15) is 78.3 Å². The van der Waals surface area contributed by atoms with Crippen LogP contribution in [0.1, 0.15) is 125 Å². The fraction of sp³-hybridized carbons (Fsp3) is 0.301. The second-order valence-corrected chi connectivity index (χ2v) is 27.2. The van der Waals surface area contributed by atoms with Gasteiger partial charge in [0.15, 0.2) is 11.6 Å². The number of carboxylic acid groups (broad SMARTS) is 3. The van der Waals surface area contributed by atoms with E-state index in [0.29, 0.717) is 68.3 Å². The number of carbonyl (C=O) groups is 14. The largest absolute Gasteiger partial charge is 0.508 e. The molecule has 0 bridgehead atoms. The van der Waals surface area contributed by atoms with Crippen LogP contribution in [0.3, 0.4) is 0 Å². The molecular weight excluding hydrogens is 1450 g/mol. The standard InChI is InChI=1S/C83H91N11O19/c1-3-5-20-62(88-78(107)64(41-51-29-37-58(96)38-30-51)91-81(110)67(44-71(98)99)87-70(97)47-86-75(104)60(84)39-48-27-35-57(95)36-28-48)76(105)90-65(40-49-23-31-54(32-24-49)73(102)52-15-9-7-10-16-52)79(108)92-66(43-56-46-85-61-22-14-13-19-59(56)61)80(109)89-63(21-6-4-2)77(106)93-68(45-72(100)101)82(111)94-69(83(112)113)42-50-25-33-55(34-26-50)74(103)53-17-11-8-12-18-53/h7-19,22-38,46,60,62-69,85,95-96H,3-6,20-21,39-45,47,84H2,1-2H3,(H,86,104)(H,87,97)(H,88,107)(H,89,109)(H,90,105)(H,91,110)(H,92,108)(H,93,106)(H,94,111)(H,98,99)(H,100,101)(H,112,113)/t60-,62+,63+,64+,65+,66+,67+,68+,69+/m1/s1. The molecule has 0 radical (unpaired) electrons. The van der Waals surface area contributed by atoms with E-state index < -0.39 is 145 Å². The molecule has 9 amide bonds. The van der Waals surface area contributed by atoms with Crippen LogP contribution in [0.2, 0.25) is 0 Å². The van der Waals surface area contributed by atoms with Gasteiger partial charge >= 0.3 is 17.9 Å². The average Bonchev–Trinajstić information content (AvgIpc) is 1.75. The summed E-state index contributed by atoms with van der Waals surface area (Å²) < 4.78 is 0. The molecule has 0 fully saturated rings. The third kappa shape index (κ3) is 26.2. The summed E-state index contributed by atoms with van der Waals surface area (Å²) >= 11 is 0. The SMILES string of the molecule is CCCC[C@H](NC(=O)[C@H](Cc1c[nH]c2ccccc12)NC(=O)[C@H](Cc1ccc(C(=O)c2ccccc2)cc1)NC(=O)[C@H](CCCC)NC(=O)[C@H](Cc1ccc(O)cc1)NC(=O)[C@H](CC(=O)O)NC(=O)CNC(=O)[C@H](N)Cc1ccc(O)cc1)C(=O)N[C@@H](CC(=O)O)C(=O)N[C@@H](Cc1ccc(C(=O)c2ccccc2)cc1)C(=O)O. The second-order valence-electron chi connectivity index (χ2n) is 27.2. The molecule has 8 rings (SSSR count). The third-order valence-electron chi connectivity index (χ3n) is 18.5. The summed E-state index contributed by atoms with van der Waals surface area (Å²) in [4.78, 5) is 197. The number of aromatic nitrogens is 1. The number of para-hydroxylation sites is 1. The summed E-state index contributed by atoms with van der Waals surface area (Å²) in [5.41, 5.74) is 10.2. The van der Waals surface area contributed by atoms with E-state index >= 15 is 14.4 Å². The smallest absolute Gasteiger partial charge is 0.326 e. The maximum atomic E-state index is 15.5. The molecule has 0 aliphatic heterocycles. The maximum absolute atomic E-state index is 15.5.